The predicted octanol–water partition coefficient (Wildman–Crippen LogP) is 1.47. The predicted molar refractivity (Wildman–Crippen MR) is 75.1 cm³/mol. The highest BCUT2D eigenvalue weighted by molar-refractivity contribution is 5.92. The molecule has 1 heterocycles. The fourth-order valence-corrected chi connectivity index (χ4v) is 1.65. The van der Waals surface area contributed by atoms with Gasteiger partial charge in [-0.2, -0.15) is 5.10 Å². The lowest BCUT2D eigenvalue weighted by Gasteiger charge is -2.18. The minimum absolute atomic E-state index is 0.197. The molecule has 5 heteroatoms. The number of amides is 1. The first-order valence-corrected chi connectivity index (χ1v) is 6.23. The highest BCUT2D eigenvalue weighted by Crippen LogP contribution is 2.01. The Morgan fingerprint density at radius 1 is 1.37 bits per heavy atom. The van der Waals surface area contributed by atoms with Gasteiger partial charge in [-0.25, -0.2) is 4.68 Å². The molecule has 19 heavy (non-hydrogen) atoms. The van der Waals surface area contributed by atoms with Crippen LogP contribution in [-0.4, -0.2) is 33.7 Å². The van der Waals surface area contributed by atoms with Crippen molar-refractivity contribution in [1.82, 2.24) is 14.7 Å². The summed E-state index contributed by atoms with van der Waals surface area (Å²) in [5, 5.41) is 4.09. The van der Waals surface area contributed by atoms with E-state index in [2.05, 4.69) is 18.3 Å². The Morgan fingerprint density at radius 2 is 2.00 bits per heavy atom. The van der Waals surface area contributed by atoms with Crippen LogP contribution in [0.5, 0.6) is 0 Å². The first kappa shape index (κ1) is 14.9. The normalized spacial score (nSPS) is 9.95. The van der Waals surface area contributed by atoms with Gasteiger partial charge in [0.25, 0.3) is 11.5 Å². The van der Waals surface area contributed by atoms with Crippen LogP contribution in [0.1, 0.15) is 23.8 Å². The molecule has 1 aromatic heterocycles. The maximum atomic E-state index is 12.2. The third kappa shape index (κ3) is 3.91. The molecule has 0 radical (unpaired) electrons. The van der Waals surface area contributed by atoms with Crippen molar-refractivity contribution >= 4 is 5.91 Å². The van der Waals surface area contributed by atoms with Crippen LogP contribution in [0.4, 0.5) is 0 Å². The molecule has 5 nitrogen and oxygen atoms in total. The van der Waals surface area contributed by atoms with Gasteiger partial charge in [0.2, 0.25) is 0 Å². The molecule has 0 aliphatic carbocycles. The van der Waals surface area contributed by atoms with Gasteiger partial charge < -0.3 is 4.90 Å². The number of hydrogen-bond donors (Lipinski definition) is 0. The Bertz CT molecular complexity index is 510. The number of carbonyl (C=O) groups excluding carboxylic acids is 1. The Morgan fingerprint density at radius 3 is 2.53 bits per heavy atom. The molecule has 102 valence electrons. The summed E-state index contributed by atoms with van der Waals surface area (Å²) in [6.07, 6.45) is 4.07. The number of aromatic nitrogens is 2. The molecule has 0 atom stereocenters. The van der Waals surface area contributed by atoms with Crippen molar-refractivity contribution in [3.05, 3.63) is 53.5 Å². The molecule has 0 spiro atoms. The maximum absolute atomic E-state index is 12.2. The van der Waals surface area contributed by atoms with E-state index in [-0.39, 0.29) is 17.2 Å². The van der Waals surface area contributed by atoms with Gasteiger partial charge in [0.1, 0.15) is 5.69 Å². The molecule has 0 fully saturated rings. The standard InChI is InChI=1S/C14H19N3O2/c1-4-9-16(10-5-2)14(19)12-7-8-13(18)17(15-12)11-6-3/h4-5,7-8H,1-2,6,9-11H2,3H3. The van der Waals surface area contributed by atoms with Crippen molar-refractivity contribution in [2.75, 3.05) is 13.1 Å². The van der Waals surface area contributed by atoms with E-state index >= 15 is 0 Å². The fourth-order valence-electron chi connectivity index (χ4n) is 1.65. The second kappa shape index (κ2) is 7.31. The Kier molecular flexibility index (Phi) is 5.73. The van der Waals surface area contributed by atoms with Crippen LogP contribution in [0, 0.1) is 0 Å². The van der Waals surface area contributed by atoms with E-state index in [0.717, 1.165) is 6.42 Å². The van der Waals surface area contributed by atoms with Gasteiger partial charge in [-0.3, -0.25) is 9.59 Å². The first-order chi connectivity index (χ1) is 9.13. The molecule has 0 aliphatic rings. The molecular formula is C14H19N3O2. The van der Waals surface area contributed by atoms with E-state index in [0.29, 0.717) is 19.6 Å². The lowest BCUT2D eigenvalue weighted by Crippen LogP contribution is -2.34. The third-order valence-electron chi connectivity index (χ3n) is 2.51. The summed E-state index contributed by atoms with van der Waals surface area (Å²) in [7, 11) is 0. The minimum Gasteiger partial charge on any atom is -0.330 e. The molecule has 0 saturated carbocycles. The minimum atomic E-state index is -0.232. The highest BCUT2D eigenvalue weighted by Gasteiger charge is 2.15. The average Bonchev–Trinajstić information content (AvgIpc) is 2.40. The summed E-state index contributed by atoms with van der Waals surface area (Å²) in [4.78, 5) is 25.4. The number of nitrogens with zero attached hydrogens (tertiary/aromatic N) is 3. The molecule has 0 saturated heterocycles. The Labute approximate surface area is 112 Å². The third-order valence-corrected chi connectivity index (χ3v) is 2.51. The second-order valence-corrected chi connectivity index (χ2v) is 4.07. The SMILES string of the molecule is C=CCN(CC=C)C(=O)c1ccc(=O)n(CCC)n1. The van der Waals surface area contributed by atoms with E-state index < -0.39 is 0 Å². The zero-order valence-corrected chi connectivity index (χ0v) is 11.2. The summed E-state index contributed by atoms with van der Waals surface area (Å²) in [6, 6.07) is 2.83. The quantitative estimate of drug-likeness (QED) is 0.698. The zero-order chi connectivity index (χ0) is 14.3. The van der Waals surface area contributed by atoms with Gasteiger partial charge in [0.05, 0.1) is 0 Å². The van der Waals surface area contributed by atoms with Gasteiger partial charge >= 0.3 is 0 Å². The van der Waals surface area contributed by atoms with Crippen molar-refractivity contribution in [3.8, 4) is 0 Å². The summed E-state index contributed by atoms with van der Waals surface area (Å²) in [5.74, 6) is -0.232. The van der Waals surface area contributed by atoms with Gasteiger partial charge in [-0.1, -0.05) is 19.1 Å². The molecule has 0 unspecified atom stereocenters. The van der Waals surface area contributed by atoms with Crippen LogP contribution in [0.3, 0.4) is 0 Å². The number of aryl methyl sites for hydroxylation is 1. The number of carbonyl (C=O) groups is 1. The molecule has 0 bridgehead atoms. The van der Waals surface area contributed by atoms with Gasteiger partial charge in [0, 0.05) is 25.7 Å². The summed E-state index contributed by atoms with van der Waals surface area (Å²) in [5.41, 5.74) is 0.0640. The van der Waals surface area contributed by atoms with Crippen LogP contribution in [-0.2, 0) is 6.54 Å². The lowest BCUT2D eigenvalue weighted by atomic mass is 10.3. The van der Waals surface area contributed by atoms with Crippen molar-refractivity contribution in [2.45, 2.75) is 19.9 Å². The van der Waals surface area contributed by atoms with Crippen LogP contribution in [0.25, 0.3) is 0 Å². The monoisotopic (exact) mass is 261 g/mol. The van der Waals surface area contributed by atoms with Crippen LogP contribution in [0.2, 0.25) is 0 Å². The summed E-state index contributed by atoms with van der Waals surface area (Å²) >= 11 is 0. The number of rotatable bonds is 7. The van der Waals surface area contributed by atoms with E-state index in [4.69, 9.17) is 0 Å². The van der Waals surface area contributed by atoms with Crippen molar-refractivity contribution in [1.29, 1.82) is 0 Å². The molecule has 0 N–H and O–H groups in total. The molecule has 0 aromatic carbocycles. The average molecular weight is 261 g/mol. The van der Waals surface area contributed by atoms with E-state index in [1.165, 1.54) is 16.8 Å². The lowest BCUT2D eigenvalue weighted by molar-refractivity contribution is 0.0782. The van der Waals surface area contributed by atoms with Crippen molar-refractivity contribution in [2.24, 2.45) is 0 Å². The van der Waals surface area contributed by atoms with Crippen LogP contribution in [0.15, 0.2) is 42.2 Å². The molecule has 0 aliphatic heterocycles. The van der Waals surface area contributed by atoms with Crippen molar-refractivity contribution < 1.29 is 4.79 Å². The van der Waals surface area contributed by atoms with Crippen LogP contribution >= 0.6 is 0 Å². The molecular weight excluding hydrogens is 242 g/mol. The molecule has 1 amide bonds. The number of hydrogen-bond acceptors (Lipinski definition) is 3. The smallest absolute Gasteiger partial charge is 0.274 e. The van der Waals surface area contributed by atoms with Gasteiger partial charge in [-0.15, -0.1) is 13.2 Å². The topological polar surface area (TPSA) is 55.2 Å². The van der Waals surface area contributed by atoms with E-state index in [1.54, 1.807) is 17.1 Å². The summed E-state index contributed by atoms with van der Waals surface area (Å²) < 4.78 is 1.31. The summed E-state index contributed by atoms with van der Waals surface area (Å²) in [6.45, 7) is 10.5. The van der Waals surface area contributed by atoms with Crippen LogP contribution < -0.4 is 5.56 Å². The van der Waals surface area contributed by atoms with Gasteiger partial charge in [0.15, 0.2) is 0 Å². The molecule has 1 aromatic rings. The fraction of sp³-hybridized carbons (Fsp3) is 0.357. The van der Waals surface area contributed by atoms with Crippen molar-refractivity contribution in [3.63, 3.8) is 0 Å². The maximum Gasteiger partial charge on any atom is 0.274 e. The Hall–Kier alpha value is -2.17. The Balaban J connectivity index is 3.03. The highest BCUT2D eigenvalue weighted by atomic mass is 16.2. The largest absolute Gasteiger partial charge is 0.330 e. The second-order valence-electron chi connectivity index (χ2n) is 4.07. The van der Waals surface area contributed by atoms with E-state index in [9.17, 15) is 9.59 Å². The van der Waals surface area contributed by atoms with E-state index in [1.807, 2.05) is 6.92 Å². The van der Waals surface area contributed by atoms with Gasteiger partial charge in [-0.05, 0) is 12.5 Å². The molecule has 1 rings (SSSR count). The first-order valence-electron chi connectivity index (χ1n) is 6.23. The zero-order valence-electron chi connectivity index (χ0n) is 11.2.